The maximum absolute atomic E-state index is 13.4. The highest BCUT2D eigenvalue weighted by atomic mass is 32.2. The van der Waals surface area contributed by atoms with Gasteiger partial charge in [0, 0.05) is 17.9 Å². The van der Waals surface area contributed by atoms with E-state index in [1.54, 1.807) is 86.0 Å². The minimum absolute atomic E-state index is 0.113. The average molecular weight is 457 g/mol. The molecule has 0 saturated carbocycles. The molecule has 0 unspecified atom stereocenters. The van der Waals surface area contributed by atoms with Crippen LogP contribution in [-0.2, 0) is 16.6 Å². The van der Waals surface area contributed by atoms with Crippen LogP contribution in [0.3, 0.4) is 0 Å². The first-order chi connectivity index (χ1) is 15.0. The smallest absolute Gasteiger partial charge is 0.264 e. The van der Waals surface area contributed by atoms with Crippen LogP contribution < -0.4 is 14.4 Å². The van der Waals surface area contributed by atoms with E-state index in [0.29, 0.717) is 29.3 Å². The Balaban J connectivity index is 1.92. The topological polar surface area (TPSA) is 75.7 Å². The molecule has 6 nitrogen and oxygen atoms in total. The quantitative estimate of drug-likeness (QED) is 0.481. The van der Waals surface area contributed by atoms with Crippen molar-refractivity contribution in [3.63, 3.8) is 0 Å². The number of benzene rings is 3. The molecular weight excluding hydrogens is 432 g/mol. The highest BCUT2D eigenvalue weighted by molar-refractivity contribution is 7.92. The number of hydrogen-bond donors (Lipinski definition) is 2. The lowest BCUT2D eigenvalue weighted by atomic mass is 10.1. The molecular formula is C23H24N2O4S2. The standard InChI is InChI=1S/C23H24N2O4S2/c1-29-21-13-11-20(12-14-21)25(31(27,28)22-5-3-2-4-6-22)17-18-7-9-19(10-8-18)23(26)24-15-16-30/h2-14,30H,15-17H2,1H3,(H,24,26). The Labute approximate surface area is 188 Å². The molecule has 0 atom stereocenters. The van der Waals surface area contributed by atoms with E-state index in [4.69, 9.17) is 4.74 Å². The first-order valence-electron chi connectivity index (χ1n) is 9.65. The van der Waals surface area contributed by atoms with E-state index >= 15 is 0 Å². The summed E-state index contributed by atoms with van der Waals surface area (Å²) in [7, 11) is -2.25. The number of anilines is 1. The largest absolute Gasteiger partial charge is 0.497 e. The Morgan fingerprint density at radius 2 is 1.61 bits per heavy atom. The number of methoxy groups -OCH3 is 1. The molecule has 0 aliphatic heterocycles. The number of thiol groups is 1. The number of nitrogens with one attached hydrogen (secondary N) is 1. The summed E-state index contributed by atoms with van der Waals surface area (Å²) in [5.41, 5.74) is 1.77. The zero-order valence-corrected chi connectivity index (χ0v) is 18.8. The predicted octanol–water partition coefficient (Wildman–Crippen LogP) is 3.75. The summed E-state index contributed by atoms with van der Waals surface area (Å²) in [5, 5.41) is 2.76. The highest BCUT2D eigenvalue weighted by Gasteiger charge is 2.25. The van der Waals surface area contributed by atoms with Gasteiger partial charge in [-0.25, -0.2) is 8.42 Å². The normalized spacial score (nSPS) is 11.0. The van der Waals surface area contributed by atoms with Crippen LogP contribution in [0.5, 0.6) is 5.75 Å². The lowest BCUT2D eigenvalue weighted by Gasteiger charge is -2.25. The molecule has 0 radical (unpaired) electrons. The van der Waals surface area contributed by atoms with Crippen molar-refractivity contribution in [1.29, 1.82) is 0 Å². The Kier molecular flexibility index (Phi) is 7.59. The van der Waals surface area contributed by atoms with Crippen LogP contribution in [0.1, 0.15) is 15.9 Å². The molecule has 3 aromatic rings. The van der Waals surface area contributed by atoms with Crippen molar-refractivity contribution >= 4 is 34.2 Å². The molecule has 31 heavy (non-hydrogen) atoms. The van der Waals surface area contributed by atoms with E-state index in [9.17, 15) is 13.2 Å². The third kappa shape index (κ3) is 5.59. The molecule has 0 saturated heterocycles. The van der Waals surface area contributed by atoms with Gasteiger partial charge in [0.1, 0.15) is 5.75 Å². The molecule has 0 heterocycles. The number of carbonyl (C=O) groups excluding carboxylic acids is 1. The van der Waals surface area contributed by atoms with Crippen LogP contribution in [0.2, 0.25) is 0 Å². The van der Waals surface area contributed by atoms with Gasteiger partial charge in [-0.1, -0.05) is 30.3 Å². The summed E-state index contributed by atoms with van der Waals surface area (Å²) in [6, 6.07) is 22.0. The predicted molar refractivity (Wildman–Crippen MR) is 125 cm³/mol. The molecule has 0 aliphatic rings. The lowest BCUT2D eigenvalue weighted by molar-refractivity contribution is 0.0956. The van der Waals surface area contributed by atoms with Gasteiger partial charge in [-0.3, -0.25) is 9.10 Å². The van der Waals surface area contributed by atoms with Crippen molar-refractivity contribution in [3.8, 4) is 5.75 Å². The number of hydrogen-bond acceptors (Lipinski definition) is 5. The van der Waals surface area contributed by atoms with Crippen molar-refractivity contribution in [3.05, 3.63) is 90.0 Å². The summed E-state index contributed by atoms with van der Waals surface area (Å²) < 4.78 is 33.4. The zero-order valence-electron chi connectivity index (χ0n) is 17.1. The number of sulfonamides is 1. The summed E-state index contributed by atoms with van der Waals surface area (Å²) >= 11 is 4.08. The van der Waals surface area contributed by atoms with Crippen LogP contribution in [0, 0.1) is 0 Å². The van der Waals surface area contributed by atoms with Crippen LogP contribution >= 0.6 is 12.6 Å². The molecule has 0 spiro atoms. The third-order valence-corrected chi connectivity index (χ3v) is 6.64. The molecule has 0 fully saturated rings. The molecule has 0 bridgehead atoms. The fourth-order valence-electron chi connectivity index (χ4n) is 2.98. The number of amides is 1. The summed E-state index contributed by atoms with van der Waals surface area (Å²) in [6.07, 6.45) is 0. The minimum atomic E-state index is -3.81. The third-order valence-electron chi connectivity index (χ3n) is 4.63. The number of nitrogens with zero attached hydrogens (tertiary/aromatic N) is 1. The van der Waals surface area contributed by atoms with Gasteiger partial charge in [0.15, 0.2) is 0 Å². The maximum Gasteiger partial charge on any atom is 0.264 e. The Morgan fingerprint density at radius 1 is 0.968 bits per heavy atom. The maximum atomic E-state index is 13.4. The SMILES string of the molecule is COc1ccc(N(Cc2ccc(C(=O)NCCS)cc2)S(=O)(=O)c2ccccc2)cc1. The molecule has 0 aliphatic carbocycles. The Hall–Kier alpha value is -2.97. The van der Waals surface area contributed by atoms with Crippen LogP contribution in [0.4, 0.5) is 5.69 Å². The minimum Gasteiger partial charge on any atom is -0.497 e. The summed E-state index contributed by atoms with van der Waals surface area (Å²) in [4.78, 5) is 12.3. The number of rotatable bonds is 9. The van der Waals surface area contributed by atoms with Gasteiger partial charge >= 0.3 is 0 Å². The Morgan fingerprint density at radius 3 is 2.19 bits per heavy atom. The molecule has 3 aromatic carbocycles. The van der Waals surface area contributed by atoms with E-state index in [-0.39, 0.29) is 17.3 Å². The average Bonchev–Trinajstić information content (AvgIpc) is 2.82. The first-order valence-corrected chi connectivity index (χ1v) is 11.7. The zero-order chi connectivity index (χ0) is 22.3. The van der Waals surface area contributed by atoms with Crippen LogP contribution in [0.15, 0.2) is 83.8 Å². The van der Waals surface area contributed by atoms with E-state index < -0.39 is 10.0 Å². The summed E-state index contributed by atoms with van der Waals surface area (Å²) in [5.74, 6) is 1.000. The fraction of sp³-hybridized carbons (Fsp3) is 0.174. The molecule has 0 aromatic heterocycles. The second-order valence-corrected chi connectivity index (χ2v) is 9.01. The lowest BCUT2D eigenvalue weighted by Crippen LogP contribution is -2.30. The van der Waals surface area contributed by atoms with Gasteiger partial charge in [-0.2, -0.15) is 12.6 Å². The van der Waals surface area contributed by atoms with Crippen molar-refractivity contribution < 1.29 is 17.9 Å². The van der Waals surface area contributed by atoms with Gasteiger partial charge in [0.2, 0.25) is 0 Å². The van der Waals surface area contributed by atoms with E-state index in [2.05, 4.69) is 17.9 Å². The van der Waals surface area contributed by atoms with Gasteiger partial charge in [0.05, 0.1) is 24.2 Å². The number of ether oxygens (including phenoxy) is 1. The Bertz CT molecular complexity index is 1100. The van der Waals surface area contributed by atoms with Gasteiger partial charge in [-0.15, -0.1) is 0 Å². The molecule has 1 amide bonds. The van der Waals surface area contributed by atoms with Crippen molar-refractivity contribution in [2.75, 3.05) is 23.7 Å². The second kappa shape index (κ2) is 10.4. The molecule has 162 valence electrons. The first kappa shape index (κ1) is 22.7. The van der Waals surface area contributed by atoms with Crippen molar-refractivity contribution in [2.45, 2.75) is 11.4 Å². The number of carbonyl (C=O) groups is 1. The van der Waals surface area contributed by atoms with E-state index in [0.717, 1.165) is 5.56 Å². The van der Waals surface area contributed by atoms with E-state index in [1.807, 2.05) is 0 Å². The monoisotopic (exact) mass is 456 g/mol. The molecule has 3 rings (SSSR count). The van der Waals surface area contributed by atoms with Crippen LogP contribution in [0.25, 0.3) is 0 Å². The molecule has 8 heteroatoms. The molecule has 1 N–H and O–H groups in total. The highest BCUT2D eigenvalue weighted by Crippen LogP contribution is 2.27. The van der Waals surface area contributed by atoms with E-state index in [1.165, 1.54) is 4.31 Å². The summed E-state index contributed by atoms with van der Waals surface area (Å²) in [6.45, 7) is 0.590. The van der Waals surface area contributed by atoms with Gasteiger partial charge < -0.3 is 10.1 Å². The van der Waals surface area contributed by atoms with Gasteiger partial charge in [0.25, 0.3) is 15.9 Å². The fourth-order valence-corrected chi connectivity index (χ4v) is 4.57. The van der Waals surface area contributed by atoms with Crippen molar-refractivity contribution in [2.24, 2.45) is 0 Å². The van der Waals surface area contributed by atoms with Crippen molar-refractivity contribution in [1.82, 2.24) is 5.32 Å². The second-order valence-electron chi connectivity index (χ2n) is 6.70. The van der Waals surface area contributed by atoms with Crippen LogP contribution in [-0.4, -0.2) is 33.7 Å². The van der Waals surface area contributed by atoms with Gasteiger partial charge in [-0.05, 0) is 54.1 Å².